The summed E-state index contributed by atoms with van der Waals surface area (Å²) in [6, 6.07) is 8.06. The number of methoxy groups -OCH3 is 1. The highest BCUT2D eigenvalue weighted by Gasteiger charge is 2.33. The molecule has 16 heteroatoms. The topological polar surface area (TPSA) is 153 Å². The van der Waals surface area contributed by atoms with Crippen molar-refractivity contribution in [3.05, 3.63) is 59.2 Å². The number of aryl methyl sites for hydroxylation is 1. The lowest BCUT2D eigenvalue weighted by Gasteiger charge is -2.40. The van der Waals surface area contributed by atoms with Crippen LogP contribution in [0.2, 0.25) is 0 Å². The van der Waals surface area contributed by atoms with Crippen LogP contribution in [-0.4, -0.2) is 92.4 Å². The van der Waals surface area contributed by atoms with Gasteiger partial charge in [-0.1, -0.05) is 0 Å². The van der Waals surface area contributed by atoms with E-state index in [1.54, 1.807) is 39.0 Å². The molecule has 5 heterocycles. The molecular formula is C37H44BrN10O4P. The summed E-state index contributed by atoms with van der Waals surface area (Å²) >= 11 is 3.59. The van der Waals surface area contributed by atoms with Crippen LogP contribution in [0, 0.1) is 0 Å². The summed E-state index contributed by atoms with van der Waals surface area (Å²) in [6.45, 7) is 11.1. The number of nitrogens with zero attached hydrogens (tertiary/aromatic N) is 8. The van der Waals surface area contributed by atoms with Crippen molar-refractivity contribution in [1.29, 1.82) is 0 Å². The van der Waals surface area contributed by atoms with E-state index in [9.17, 15) is 9.36 Å². The highest BCUT2D eigenvalue weighted by Crippen LogP contribution is 2.45. The number of benzene rings is 2. The van der Waals surface area contributed by atoms with Crippen LogP contribution < -0.4 is 25.6 Å². The maximum absolute atomic E-state index is 13.5. The minimum Gasteiger partial charge on any atom is -0.494 e. The van der Waals surface area contributed by atoms with E-state index < -0.39 is 12.7 Å². The van der Waals surface area contributed by atoms with Crippen LogP contribution in [0.25, 0.3) is 22.2 Å². The molecule has 278 valence electrons. The number of halogens is 1. The van der Waals surface area contributed by atoms with Crippen LogP contribution in [0.5, 0.6) is 5.75 Å². The smallest absolute Gasteiger partial charge is 0.410 e. The fourth-order valence-electron chi connectivity index (χ4n) is 7.12. The first-order valence-electron chi connectivity index (χ1n) is 17.5. The highest BCUT2D eigenvalue weighted by atomic mass is 79.9. The summed E-state index contributed by atoms with van der Waals surface area (Å²) < 4.78 is 27.7. The molecule has 0 atom stereocenters. The van der Waals surface area contributed by atoms with Gasteiger partial charge in [0.2, 0.25) is 5.95 Å². The molecule has 0 bridgehead atoms. The average Bonchev–Trinajstić information content (AvgIpc) is 3.39. The molecular weight excluding hydrogens is 759 g/mol. The summed E-state index contributed by atoms with van der Waals surface area (Å²) in [6.07, 6.45) is 8.98. The predicted molar refractivity (Wildman–Crippen MR) is 212 cm³/mol. The second-order valence-electron chi connectivity index (χ2n) is 14.7. The Kier molecular flexibility index (Phi) is 9.83. The van der Waals surface area contributed by atoms with Crippen LogP contribution in [0.1, 0.15) is 39.3 Å². The number of carbonyl (C=O) groups is 1. The number of piperidine rings is 1. The molecule has 1 saturated heterocycles. The Morgan fingerprint density at radius 1 is 0.981 bits per heavy atom. The summed E-state index contributed by atoms with van der Waals surface area (Å²) in [5, 5.41) is 12.0. The molecule has 1 fully saturated rings. The van der Waals surface area contributed by atoms with Crippen molar-refractivity contribution in [3.8, 4) is 16.9 Å². The van der Waals surface area contributed by atoms with Gasteiger partial charge in [-0.3, -0.25) is 14.6 Å². The monoisotopic (exact) mass is 802 g/mol. The number of carbonyl (C=O) groups excluding carboxylic acids is 1. The van der Waals surface area contributed by atoms with Gasteiger partial charge in [0.15, 0.2) is 0 Å². The van der Waals surface area contributed by atoms with Gasteiger partial charge in [-0.15, -0.1) is 0 Å². The number of nitrogens with one attached hydrogen (secondary N) is 2. The molecule has 2 aliphatic rings. The average molecular weight is 804 g/mol. The minimum atomic E-state index is -2.79. The Hall–Kier alpha value is -4.75. The van der Waals surface area contributed by atoms with Gasteiger partial charge in [0.25, 0.3) is 0 Å². The standard InChI is InChI=1S/C37H44BrN10O4P/c1-37(2,3)52-36(49)47-15-10-22(11-16-47)48-17-12-29-24(20-42-46(29)4)23-18-28(31(51-5)19-30(23)48)44-35-41-21-25(38)34(45-35)43-27-9-8-26-32(40-14-13-39-26)33(27)53(6,7)50/h8-9,13-14,18-22H,10-12,15-17H2,1-7H3,(H2,41,43,44,45). The molecule has 5 aromatic rings. The van der Waals surface area contributed by atoms with Gasteiger partial charge in [0.05, 0.1) is 40.0 Å². The number of aromatic nitrogens is 6. The van der Waals surface area contributed by atoms with E-state index in [1.807, 2.05) is 55.7 Å². The maximum atomic E-state index is 13.5. The van der Waals surface area contributed by atoms with Crippen molar-refractivity contribution < 1.29 is 18.8 Å². The Labute approximate surface area is 317 Å². The third-order valence-electron chi connectivity index (χ3n) is 9.52. The third kappa shape index (κ3) is 7.54. The molecule has 14 nitrogen and oxygen atoms in total. The number of amides is 1. The van der Waals surface area contributed by atoms with Crippen LogP contribution >= 0.6 is 23.1 Å². The number of rotatable bonds is 7. The van der Waals surface area contributed by atoms with Gasteiger partial charge in [-0.05, 0) is 81.1 Å². The van der Waals surface area contributed by atoms with E-state index in [0.717, 1.165) is 48.3 Å². The van der Waals surface area contributed by atoms with E-state index >= 15 is 0 Å². The molecule has 7 rings (SSSR count). The number of fused-ring (bicyclic) bond motifs is 4. The number of anilines is 5. The number of likely N-dealkylation sites (tertiary alicyclic amines) is 1. The van der Waals surface area contributed by atoms with Gasteiger partial charge in [-0.25, -0.2) is 9.78 Å². The maximum Gasteiger partial charge on any atom is 0.410 e. The lowest BCUT2D eigenvalue weighted by molar-refractivity contribution is 0.0204. The molecule has 1 amide bonds. The molecule has 3 aromatic heterocycles. The Morgan fingerprint density at radius 3 is 2.45 bits per heavy atom. The van der Waals surface area contributed by atoms with Crippen LogP contribution in [0.4, 0.5) is 33.6 Å². The van der Waals surface area contributed by atoms with Gasteiger partial charge in [0.1, 0.15) is 29.8 Å². The van der Waals surface area contributed by atoms with Crippen molar-refractivity contribution in [2.45, 2.75) is 51.7 Å². The number of ether oxygens (including phenoxy) is 2. The van der Waals surface area contributed by atoms with Crippen molar-refractivity contribution in [2.24, 2.45) is 7.05 Å². The molecule has 2 aliphatic heterocycles. The second-order valence-corrected chi connectivity index (χ2v) is 18.7. The largest absolute Gasteiger partial charge is 0.494 e. The summed E-state index contributed by atoms with van der Waals surface area (Å²) in [7, 11) is 0.834. The van der Waals surface area contributed by atoms with Crippen molar-refractivity contribution in [1.82, 2.24) is 34.6 Å². The minimum absolute atomic E-state index is 0.217. The van der Waals surface area contributed by atoms with E-state index in [1.165, 1.54) is 0 Å². The van der Waals surface area contributed by atoms with E-state index in [4.69, 9.17) is 14.5 Å². The van der Waals surface area contributed by atoms with Crippen LogP contribution in [0.15, 0.2) is 53.5 Å². The molecule has 2 aromatic carbocycles. The van der Waals surface area contributed by atoms with Crippen molar-refractivity contribution in [2.75, 3.05) is 55.6 Å². The van der Waals surface area contributed by atoms with Crippen molar-refractivity contribution >= 4 is 74.3 Å². The molecule has 0 radical (unpaired) electrons. The number of hydrogen-bond acceptors (Lipinski definition) is 12. The quantitative estimate of drug-likeness (QED) is 0.162. The Morgan fingerprint density at radius 2 is 1.74 bits per heavy atom. The SMILES string of the molecule is COc1cc2c(cc1Nc1ncc(Br)c(Nc3ccc4nccnc4c3P(C)(C)=O)n1)-c1cnn(C)c1CCN2C1CCN(C(=O)OC(C)(C)C)CC1. The Balaban J connectivity index is 1.21. The molecule has 0 spiro atoms. The highest BCUT2D eigenvalue weighted by molar-refractivity contribution is 9.10. The summed E-state index contributed by atoms with van der Waals surface area (Å²) in [4.78, 5) is 35.4. The third-order valence-corrected chi connectivity index (χ3v) is 11.6. The first kappa shape index (κ1) is 36.6. The fraction of sp³-hybridized carbons (Fsp3) is 0.405. The first-order valence-corrected chi connectivity index (χ1v) is 20.9. The lowest BCUT2D eigenvalue weighted by atomic mass is 9.99. The molecule has 0 saturated carbocycles. The fourth-order valence-corrected chi connectivity index (χ4v) is 8.80. The zero-order valence-electron chi connectivity index (χ0n) is 31.0. The zero-order valence-corrected chi connectivity index (χ0v) is 33.5. The Bertz CT molecular complexity index is 2240. The van der Waals surface area contributed by atoms with Crippen LogP contribution in [-0.2, 0) is 22.8 Å². The molecule has 2 N–H and O–H groups in total. The summed E-state index contributed by atoms with van der Waals surface area (Å²) in [5.41, 5.74) is 6.28. The second kappa shape index (κ2) is 14.2. The van der Waals surface area contributed by atoms with Crippen LogP contribution in [0.3, 0.4) is 0 Å². The first-order chi connectivity index (χ1) is 25.2. The predicted octanol–water partition coefficient (Wildman–Crippen LogP) is 7.09. The summed E-state index contributed by atoms with van der Waals surface area (Å²) in [5.74, 6) is 1.44. The van der Waals surface area contributed by atoms with Gasteiger partial charge < -0.3 is 34.5 Å². The van der Waals surface area contributed by atoms with E-state index in [-0.39, 0.29) is 12.1 Å². The van der Waals surface area contributed by atoms with Crippen molar-refractivity contribution in [3.63, 3.8) is 0 Å². The van der Waals surface area contributed by atoms with E-state index in [0.29, 0.717) is 62.8 Å². The van der Waals surface area contributed by atoms with E-state index in [2.05, 4.69) is 63.6 Å². The molecule has 53 heavy (non-hydrogen) atoms. The van der Waals surface area contributed by atoms with Gasteiger partial charge in [-0.2, -0.15) is 10.1 Å². The normalized spacial score (nSPS) is 15.1. The zero-order chi connectivity index (χ0) is 37.7. The van der Waals surface area contributed by atoms with Gasteiger partial charge in [0, 0.05) is 86.3 Å². The molecule has 0 aliphatic carbocycles. The lowest BCUT2D eigenvalue weighted by Crippen LogP contribution is -2.48. The molecule has 0 unspecified atom stereocenters. The van der Waals surface area contributed by atoms with Gasteiger partial charge >= 0.3 is 6.09 Å². The number of hydrogen-bond donors (Lipinski definition) is 2.